The molecule has 0 aromatic heterocycles. The second-order valence-electron chi connectivity index (χ2n) is 4.26. The van der Waals surface area contributed by atoms with Gasteiger partial charge in [-0.15, -0.1) is 0 Å². The fourth-order valence-electron chi connectivity index (χ4n) is 2.09. The van der Waals surface area contributed by atoms with E-state index in [-0.39, 0.29) is 12.1 Å². The van der Waals surface area contributed by atoms with Crippen LogP contribution in [0.15, 0.2) is 28.7 Å². The van der Waals surface area contributed by atoms with E-state index in [9.17, 15) is 5.26 Å². The Labute approximate surface area is 110 Å². The second kappa shape index (κ2) is 5.63. The van der Waals surface area contributed by atoms with Crippen molar-refractivity contribution in [1.29, 1.82) is 5.26 Å². The summed E-state index contributed by atoms with van der Waals surface area (Å²) in [5.41, 5.74) is 1.05. The molecule has 0 saturated carbocycles. The van der Waals surface area contributed by atoms with E-state index in [1.165, 1.54) is 0 Å². The minimum absolute atomic E-state index is 0.172. The molecule has 0 spiro atoms. The zero-order valence-corrected chi connectivity index (χ0v) is 11.4. The van der Waals surface area contributed by atoms with Crippen molar-refractivity contribution in [3.63, 3.8) is 0 Å². The van der Waals surface area contributed by atoms with Gasteiger partial charge in [-0.1, -0.05) is 28.1 Å². The summed E-state index contributed by atoms with van der Waals surface area (Å²) in [5, 5.41) is 9.34. The van der Waals surface area contributed by atoms with Crippen LogP contribution in [0.2, 0.25) is 0 Å². The first kappa shape index (κ1) is 12.6. The number of hydrogen-bond donors (Lipinski definition) is 0. The van der Waals surface area contributed by atoms with Gasteiger partial charge in [0, 0.05) is 17.6 Å². The predicted octanol–water partition coefficient (Wildman–Crippen LogP) is 2.73. The zero-order valence-electron chi connectivity index (χ0n) is 9.77. The van der Waals surface area contributed by atoms with Crippen LogP contribution in [-0.4, -0.2) is 30.7 Å². The first-order valence-corrected chi connectivity index (χ1v) is 6.50. The monoisotopic (exact) mass is 294 g/mol. The Morgan fingerprint density at radius 1 is 1.47 bits per heavy atom. The van der Waals surface area contributed by atoms with Crippen molar-refractivity contribution in [2.24, 2.45) is 0 Å². The first-order chi connectivity index (χ1) is 8.20. The summed E-state index contributed by atoms with van der Waals surface area (Å²) in [6.07, 6.45) is 0.204. The molecule has 0 amide bonds. The Bertz CT molecular complexity index is 412. The number of nitrogens with zero attached hydrogens (tertiary/aromatic N) is 2. The maximum absolute atomic E-state index is 9.34. The van der Waals surface area contributed by atoms with Gasteiger partial charge in [-0.25, -0.2) is 0 Å². The molecule has 0 aliphatic carbocycles. The van der Waals surface area contributed by atoms with Gasteiger partial charge in [-0.3, -0.25) is 4.90 Å². The molecule has 1 fully saturated rings. The largest absolute Gasteiger partial charge is 0.376 e. The molecule has 17 heavy (non-hydrogen) atoms. The number of nitriles is 1. The zero-order chi connectivity index (χ0) is 12.3. The summed E-state index contributed by atoms with van der Waals surface area (Å²) in [4.78, 5) is 2.18. The quantitative estimate of drug-likeness (QED) is 0.841. The average molecular weight is 295 g/mol. The SMILES string of the molecule is C[C@@H]1CN([C@@H](C#N)c2ccc(Br)cc2)CCO1. The van der Waals surface area contributed by atoms with Gasteiger partial charge in [0.1, 0.15) is 6.04 Å². The Morgan fingerprint density at radius 2 is 2.18 bits per heavy atom. The highest BCUT2D eigenvalue weighted by Crippen LogP contribution is 2.23. The third kappa shape index (κ3) is 3.06. The van der Waals surface area contributed by atoms with Crippen LogP contribution in [0.3, 0.4) is 0 Å². The lowest BCUT2D eigenvalue weighted by atomic mass is 10.1. The molecule has 4 heteroatoms. The van der Waals surface area contributed by atoms with Crippen LogP contribution >= 0.6 is 15.9 Å². The highest BCUT2D eigenvalue weighted by Gasteiger charge is 2.25. The van der Waals surface area contributed by atoms with Gasteiger partial charge in [-0.05, 0) is 24.6 Å². The van der Waals surface area contributed by atoms with Gasteiger partial charge in [0.25, 0.3) is 0 Å². The van der Waals surface area contributed by atoms with E-state index < -0.39 is 0 Å². The summed E-state index contributed by atoms with van der Waals surface area (Å²) in [5.74, 6) is 0. The normalized spacial score (nSPS) is 23.0. The Hall–Kier alpha value is -0.890. The van der Waals surface area contributed by atoms with E-state index >= 15 is 0 Å². The lowest BCUT2D eigenvalue weighted by molar-refractivity contribution is -0.0269. The highest BCUT2D eigenvalue weighted by molar-refractivity contribution is 9.10. The van der Waals surface area contributed by atoms with Crippen molar-refractivity contribution >= 4 is 15.9 Å². The van der Waals surface area contributed by atoms with Crippen LogP contribution in [0.4, 0.5) is 0 Å². The van der Waals surface area contributed by atoms with E-state index in [0.717, 1.165) is 23.1 Å². The van der Waals surface area contributed by atoms with E-state index in [2.05, 4.69) is 26.9 Å². The summed E-state index contributed by atoms with van der Waals surface area (Å²) in [6, 6.07) is 10.2. The molecule has 0 radical (unpaired) electrons. The minimum atomic E-state index is -0.172. The summed E-state index contributed by atoms with van der Waals surface area (Å²) >= 11 is 3.41. The van der Waals surface area contributed by atoms with Crippen LogP contribution in [-0.2, 0) is 4.74 Å². The van der Waals surface area contributed by atoms with Gasteiger partial charge >= 0.3 is 0 Å². The van der Waals surface area contributed by atoms with E-state index in [0.29, 0.717) is 6.61 Å². The van der Waals surface area contributed by atoms with Gasteiger partial charge in [0.15, 0.2) is 0 Å². The van der Waals surface area contributed by atoms with Crippen LogP contribution in [0.5, 0.6) is 0 Å². The minimum Gasteiger partial charge on any atom is -0.376 e. The van der Waals surface area contributed by atoms with Crippen molar-refractivity contribution in [3.8, 4) is 6.07 Å². The van der Waals surface area contributed by atoms with Crippen LogP contribution < -0.4 is 0 Å². The average Bonchev–Trinajstić information content (AvgIpc) is 2.33. The molecule has 1 aromatic carbocycles. The molecule has 1 saturated heterocycles. The van der Waals surface area contributed by atoms with Crippen molar-refractivity contribution in [2.45, 2.75) is 19.1 Å². The molecule has 2 atom stereocenters. The molecule has 0 bridgehead atoms. The molecule has 1 aliphatic heterocycles. The number of morpholine rings is 1. The molecular weight excluding hydrogens is 280 g/mol. The van der Waals surface area contributed by atoms with Gasteiger partial charge < -0.3 is 4.74 Å². The molecule has 2 rings (SSSR count). The molecule has 90 valence electrons. The van der Waals surface area contributed by atoms with E-state index in [1.54, 1.807) is 0 Å². The molecular formula is C13H15BrN2O. The van der Waals surface area contributed by atoms with Gasteiger partial charge in [0.2, 0.25) is 0 Å². The van der Waals surface area contributed by atoms with E-state index in [4.69, 9.17) is 4.74 Å². The predicted molar refractivity (Wildman–Crippen MR) is 69.5 cm³/mol. The van der Waals surface area contributed by atoms with Crippen molar-refractivity contribution in [2.75, 3.05) is 19.7 Å². The smallest absolute Gasteiger partial charge is 0.124 e. The number of rotatable bonds is 2. The molecule has 0 unspecified atom stereocenters. The number of benzene rings is 1. The van der Waals surface area contributed by atoms with Crippen LogP contribution in [0, 0.1) is 11.3 Å². The molecule has 3 nitrogen and oxygen atoms in total. The number of halogens is 1. The van der Waals surface area contributed by atoms with Crippen LogP contribution in [0.1, 0.15) is 18.5 Å². The number of hydrogen-bond acceptors (Lipinski definition) is 3. The molecule has 1 heterocycles. The topological polar surface area (TPSA) is 36.3 Å². The fourth-order valence-corrected chi connectivity index (χ4v) is 2.36. The second-order valence-corrected chi connectivity index (χ2v) is 5.18. The first-order valence-electron chi connectivity index (χ1n) is 5.71. The maximum Gasteiger partial charge on any atom is 0.124 e. The third-order valence-electron chi connectivity index (χ3n) is 2.95. The Kier molecular flexibility index (Phi) is 4.16. The molecule has 1 aliphatic rings. The summed E-state index contributed by atoms with van der Waals surface area (Å²) < 4.78 is 6.53. The van der Waals surface area contributed by atoms with Crippen molar-refractivity contribution in [1.82, 2.24) is 4.90 Å². The molecule has 0 N–H and O–H groups in total. The Balaban J connectivity index is 2.16. The fraction of sp³-hybridized carbons (Fsp3) is 0.462. The van der Waals surface area contributed by atoms with Crippen LogP contribution in [0.25, 0.3) is 0 Å². The van der Waals surface area contributed by atoms with Crippen molar-refractivity contribution in [3.05, 3.63) is 34.3 Å². The van der Waals surface area contributed by atoms with Gasteiger partial charge in [0.05, 0.1) is 18.8 Å². The van der Waals surface area contributed by atoms with Gasteiger partial charge in [-0.2, -0.15) is 5.26 Å². The number of ether oxygens (including phenoxy) is 1. The lowest BCUT2D eigenvalue weighted by Crippen LogP contribution is -2.42. The summed E-state index contributed by atoms with van der Waals surface area (Å²) in [6.45, 7) is 4.38. The summed E-state index contributed by atoms with van der Waals surface area (Å²) in [7, 11) is 0. The lowest BCUT2D eigenvalue weighted by Gasteiger charge is -2.34. The third-order valence-corrected chi connectivity index (χ3v) is 3.47. The van der Waals surface area contributed by atoms with E-state index in [1.807, 2.05) is 31.2 Å². The molecule has 1 aromatic rings. The maximum atomic E-state index is 9.34. The van der Waals surface area contributed by atoms with Crippen molar-refractivity contribution < 1.29 is 4.74 Å². The highest BCUT2D eigenvalue weighted by atomic mass is 79.9. The Morgan fingerprint density at radius 3 is 2.76 bits per heavy atom. The standard InChI is InChI=1S/C13H15BrN2O/c1-10-9-16(6-7-17-10)13(8-15)11-2-4-12(14)5-3-11/h2-5,10,13H,6-7,9H2,1H3/t10-,13+/m1/s1.